The molecule has 4 rings (SSSR count). The fourth-order valence-electron chi connectivity index (χ4n) is 3.24. The molecule has 1 saturated heterocycles. The molecular formula is C21H16FN3O3S. The van der Waals surface area contributed by atoms with Crippen LogP contribution in [-0.4, -0.2) is 22.3 Å². The van der Waals surface area contributed by atoms with E-state index in [1.54, 1.807) is 34.9 Å². The summed E-state index contributed by atoms with van der Waals surface area (Å²) >= 11 is 1.22. The minimum absolute atomic E-state index is 0.195. The second kappa shape index (κ2) is 7.56. The number of aromatic nitrogens is 1. The number of rotatable bonds is 4. The van der Waals surface area contributed by atoms with E-state index in [0.717, 1.165) is 4.90 Å². The maximum atomic E-state index is 14.3. The van der Waals surface area contributed by atoms with Crippen molar-refractivity contribution in [1.82, 2.24) is 4.57 Å². The van der Waals surface area contributed by atoms with Crippen molar-refractivity contribution >= 4 is 45.0 Å². The maximum absolute atomic E-state index is 14.3. The number of halogens is 1. The number of para-hydroxylation sites is 1. The van der Waals surface area contributed by atoms with Crippen molar-refractivity contribution < 1.29 is 18.8 Å². The van der Waals surface area contributed by atoms with Gasteiger partial charge in [0.15, 0.2) is 4.80 Å². The van der Waals surface area contributed by atoms with E-state index < -0.39 is 11.7 Å². The molecule has 0 radical (unpaired) electrons. The molecule has 29 heavy (non-hydrogen) atoms. The first-order valence-electron chi connectivity index (χ1n) is 8.93. The summed E-state index contributed by atoms with van der Waals surface area (Å²) in [5, 5.41) is 0. The van der Waals surface area contributed by atoms with Crippen LogP contribution in [0.2, 0.25) is 0 Å². The van der Waals surface area contributed by atoms with E-state index in [2.05, 4.69) is 11.6 Å². The number of allylic oxidation sites excluding steroid dienone is 1. The summed E-state index contributed by atoms with van der Waals surface area (Å²) in [6.45, 7) is 4.00. The third-order valence-corrected chi connectivity index (χ3v) is 5.63. The van der Waals surface area contributed by atoms with Gasteiger partial charge in [-0.05, 0) is 36.4 Å². The van der Waals surface area contributed by atoms with Crippen molar-refractivity contribution in [2.24, 2.45) is 4.99 Å². The number of hydrogen-bond donors (Lipinski definition) is 0. The van der Waals surface area contributed by atoms with E-state index in [0.29, 0.717) is 32.8 Å². The third kappa shape index (κ3) is 3.42. The monoisotopic (exact) mass is 409 g/mol. The number of carbonyl (C=O) groups is 3. The molecule has 1 aliphatic rings. The highest BCUT2D eigenvalue weighted by Gasteiger charge is 2.30. The predicted molar refractivity (Wildman–Crippen MR) is 108 cm³/mol. The van der Waals surface area contributed by atoms with Gasteiger partial charge in [0.1, 0.15) is 5.82 Å². The van der Waals surface area contributed by atoms with E-state index in [-0.39, 0.29) is 24.7 Å². The molecule has 0 atom stereocenters. The van der Waals surface area contributed by atoms with E-state index in [1.807, 2.05) is 0 Å². The van der Waals surface area contributed by atoms with Crippen LogP contribution in [-0.2, 0) is 16.1 Å². The average molecular weight is 409 g/mol. The fourth-order valence-corrected chi connectivity index (χ4v) is 4.29. The second-order valence-corrected chi connectivity index (χ2v) is 7.47. The lowest BCUT2D eigenvalue weighted by Gasteiger charge is -2.13. The highest BCUT2D eigenvalue weighted by molar-refractivity contribution is 7.16. The number of carbonyl (C=O) groups excluding carboxylic acids is 3. The summed E-state index contributed by atoms with van der Waals surface area (Å²) in [4.78, 5) is 42.0. The molecule has 2 aromatic carbocycles. The topological polar surface area (TPSA) is 71.7 Å². The van der Waals surface area contributed by atoms with E-state index >= 15 is 0 Å². The summed E-state index contributed by atoms with van der Waals surface area (Å²) in [6, 6.07) is 10.9. The molecule has 0 unspecified atom stereocenters. The van der Waals surface area contributed by atoms with Crippen LogP contribution in [0, 0.1) is 5.82 Å². The molecule has 8 heteroatoms. The lowest BCUT2D eigenvalue weighted by atomic mass is 10.2. The summed E-state index contributed by atoms with van der Waals surface area (Å²) in [5.41, 5.74) is 1.11. The Balaban J connectivity index is 1.70. The van der Waals surface area contributed by atoms with Crippen LogP contribution in [0.4, 0.5) is 10.1 Å². The Morgan fingerprint density at radius 1 is 1.14 bits per heavy atom. The molecule has 6 nitrogen and oxygen atoms in total. The summed E-state index contributed by atoms with van der Waals surface area (Å²) in [5.74, 6) is -1.40. The minimum atomic E-state index is -0.500. The van der Waals surface area contributed by atoms with Crippen LogP contribution in [0.3, 0.4) is 0 Å². The van der Waals surface area contributed by atoms with Gasteiger partial charge in [0.05, 0.1) is 15.9 Å². The zero-order valence-corrected chi connectivity index (χ0v) is 16.1. The SMILES string of the molecule is C=CCn1c(=NC(=O)c2ccc(N3C(=O)CCC3=O)cc2)sc2cccc(F)c21. The molecule has 1 aliphatic heterocycles. The lowest BCUT2D eigenvalue weighted by Crippen LogP contribution is -2.28. The Labute approximate surface area is 169 Å². The number of thiazole rings is 1. The normalized spacial score (nSPS) is 14.8. The van der Waals surface area contributed by atoms with Crippen molar-refractivity contribution in [3.63, 3.8) is 0 Å². The smallest absolute Gasteiger partial charge is 0.279 e. The first-order chi connectivity index (χ1) is 14.0. The maximum Gasteiger partial charge on any atom is 0.279 e. The minimum Gasteiger partial charge on any atom is -0.310 e. The van der Waals surface area contributed by atoms with Gasteiger partial charge in [-0.25, -0.2) is 4.39 Å². The molecule has 0 saturated carbocycles. The van der Waals surface area contributed by atoms with Crippen molar-refractivity contribution in [3.8, 4) is 0 Å². The van der Waals surface area contributed by atoms with E-state index in [9.17, 15) is 18.8 Å². The van der Waals surface area contributed by atoms with Crippen molar-refractivity contribution in [2.45, 2.75) is 19.4 Å². The molecular weight excluding hydrogens is 393 g/mol. The molecule has 146 valence electrons. The van der Waals surface area contributed by atoms with Crippen molar-refractivity contribution in [3.05, 3.63) is 71.3 Å². The Kier molecular flexibility index (Phi) is 4.94. The molecule has 0 bridgehead atoms. The molecule has 0 N–H and O–H groups in total. The van der Waals surface area contributed by atoms with Gasteiger partial charge < -0.3 is 4.57 Å². The summed E-state index contributed by atoms with van der Waals surface area (Å²) in [6.07, 6.45) is 2.00. The number of nitrogens with zero attached hydrogens (tertiary/aromatic N) is 3. The number of anilines is 1. The van der Waals surface area contributed by atoms with Crippen LogP contribution in [0.15, 0.2) is 60.1 Å². The number of hydrogen-bond acceptors (Lipinski definition) is 4. The molecule has 1 fully saturated rings. The zero-order valence-electron chi connectivity index (χ0n) is 15.3. The summed E-state index contributed by atoms with van der Waals surface area (Å²) < 4.78 is 16.6. The van der Waals surface area contributed by atoms with Gasteiger partial charge in [0.2, 0.25) is 11.8 Å². The number of benzene rings is 2. The van der Waals surface area contributed by atoms with Crippen LogP contribution in [0.1, 0.15) is 23.2 Å². The van der Waals surface area contributed by atoms with Gasteiger partial charge in [-0.15, -0.1) is 6.58 Å². The Bertz CT molecular complexity index is 1210. The van der Waals surface area contributed by atoms with Crippen LogP contribution >= 0.6 is 11.3 Å². The first-order valence-corrected chi connectivity index (χ1v) is 9.75. The zero-order chi connectivity index (χ0) is 20.5. The van der Waals surface area contributed by atoms with Gasteiger partial charge in [0.25, 0.3) is 5.91 Å². The van der Waals surface area contributed by atoms with Crippen LogP contribution < -0.4 is 9.70 Å². The number of amides is 3. The molecule has 1 aromatic heterocycles. The Morgan fingerprint density at radius 2 is 1.83 bits per heavy atom. The third-order valence-electron chi connectivity index (χ3n) is 4.58. The average Bonchev–Trinajstić information content (AvgIpc) is 3.22. The molecule has 3 aromatic rings. The Hall–Kier alpha value is -3.39. The molecule has 3 amide bonds. The van der Waals surface area contributed by atoms with Gasteiger partial charge in [-0.1, -0.05) is 23.5 Å². The van der Waals surface area contributed by atoms with Crippen molar-refractivity contribution in [1.29, 1.82) is 0 Å². The van der Waals surface area contributed by atoms with Gasteiger partial charge in [0, 0.05) is 24.9 Å². The highest BCUT2D eigenvalue weighted by atomic mass is 32.1. The lowest BCUT2D eigenvalue weighted by molar-refractivity contribution is -0.121. The number of imide groups is 1. The highest BCUT2D eigenvalue weighted by Crippen LogP contribution is 2.23. The quantitative estimate of drug-likeness (QED) is 0.490. The first kappa shape index (κ1) is 18.9. The van der Waals surface area contributed by atoms with Crippen LogP contribution in [0.5, 0.6) is 0 Å². The Morgan fingerprint density at radius 3 is 2.48 bits per heavy atom. The van der Waals surface area contributed by atoms with Crippen molar-refractivity contribution in [2.75, 3.05) is 4.90 Å². The van der Waals surface area contributed by atoms with Gasteiger partial charge in [-0.2, -0.15) is 4.99 Å². The summed E-state index contributed by atoms with van der Waals surface area (Å²) in [7, 11) is 0. The second-order valence-electron chi connectivity index (χ2n) is 6.46. The van der Waals surface area contributed by atoms with Gasteiger partial charge >= 0.3 is 0 Å². The molecule has 0 aliphatic carbocycles. The predicted octanol–water partition coefficient (Wildman–Crippen LogP) is 3.42. The fraction of sp³-hybridized carbons (Fsp3) is 0.143. The van der Waals surface area contributed by atoms with Crippen LogP contribution in [0.25, 0.3) is 10.2 Å². The molecule has 0 spiro atoms. The standard InChI is InChI=1S/C21H16FN3O3S/c1-2-12-24-19-15(22)4-3-5-16(19)29-21(24)23-20(28)13-6-8-14(9-7-13)25-17(26)10-11-18(25)27/h2-9H,1,10-12H2. The van der Waals surface area contributed by atoms with E-state index in [4.69, 9.17) is 0 Å². The largest absolute Gasteiger partial charge is 0.310 e. The number of fused-ring (bicyclic) bond motifs is 1. The van der Waals surface area contributed by atoms with Gasteiger partial charge in [-0.3, -0.25) is 19.3 Å². The molecule has 2 heterocycles. The van der Waals surface area contributed by atoms with E-state index in [1.165, 1.54) is 29.5 Å².